The minimum atomic E-state index is -3.72. The van der Waals surface area contributed by atoms with Crippen molar-refractivity contribution < 1.29 is 28.2 Å². The molecule has 1 saturated heterocycles. The summed E-state index contributed by atoms with van der Waals surface area (Å²) < 4.78 is 31.4. The molecular weight excluding hydrogens is 306 g/mol. The molecule has 1 aliphatic heterocycles. The number of aliphatic hydroxyl groups excluding tert-OH is 1. The summed E-state index contributed by atoms with van der Waals surface area (Å²) >= 11 is 0.941. The normalized spacial score (nSPS) is 20.9. The van der Waals surface area contributed by atoms with Crippen LogP contribution >= 0.6 is 11.3 Å². The van der Waals surface area contributed by atoms with Gasteiger partial charge in [-0.05, 0) is 12.1 Å². The molecule has 1 aromatic heterocycles. The number of ether oxygens (including phenoxy) is 1. The Labute approximate surface area is 120 Å². The maximum Gasteiger partial charge on any atom is 0.308 e. The minimum Gasteiger partial charge on any atom is -0.481 e. The van der Waals surface area contributed by atoms with Crippen LogP contribution in [0, 0.1) is 0 Å². The molecule has 2 N–H and O–H groups in total. The fourth-order valence-corrected chi connectivity index (χ4v) is 5.02. The predicted molar refractivity (Wildman–Crippen MR) is 71.2 cm³/mol. The van der Waals surface area contributed by atoms with E-state index in [0.29, 0.717) is 4.88 Å². The number of hydrogen-bond acceptors (Lipinski definition) is 6. The largest absolute Gasteiger partial charge is 0.481 e. The van der Waals surface area contributed by atoms with E-state index in [1.807, 2.05) is 0 Å². The topological polar surface area (TPSA) is 104 Å². The van der Waals surface area contributed by atoms with Gasteiger partial charge in [0, 0.05) is 11.4 Å². The van der Waals surface area contributed by atoms with Gasteiger partial charge in [-0.1, -0.05) is 0 Å². The molecule has 112 valence electrons. The smallest absolute Gasteiger partial charge is 0.308 e. The van der Waals surface area contributed by atoms with Gasteiger partial charge < -0.3 is 14.9 Å². The summed E-state index contributed by atoms with van der Waals surface area (Å²) in [6.07, 6.45) is -0.202. The quantitative estimate of drug-likeness (QED) is 0.775. The van der Waals surface area contributed by atoms with Crippen LogP contribution in [0.3, 0.4) is 0 Å². The SMILES string of the molecule is O=C(O)Cc1ccc(S(=O)(=O)N2CCOCC2CO)s1. The first-order valence-electron chi connectivity index (χ1n) is 5.96. The van der Waals surface area contributed by atoms with Gasteiger partial charge in [0.05, 0.1) is 32.3 Å². The van der Waals surface area contributed by atoms with Crippen LogP contribution in [0.5, 0.6) is 0 Å². The van der Waals surface area contributed by atoms with Crippen LogP contribution < -0.4 is 0 Å². The molecule has 7 nitrogen and oxygen atoms in total. The number of morpholine rings is 1. The molecule has 1 unspecified atom stereocenters. The number of aliphatic hydroxyl groups is 1. The Bertz CT molecular complexity index is 581. The molecule has 0 saturated carbocycles. The highest BCUT2D eigenvalue weighted by Gasteiger charge is 2.34. The molecule has 1 aliphatic rings. The van der Waals surface area contributed by atoms with Crippen LogP contribution in [0.2, 0.25) is 0 Å². The molecule has 2 heterocycles. The fourth-order valence-electron chi connectivity index (χ4n) is 1.96. The lowest BCUT2D eigenvalue weighted by Gasteiger charge is -2.32. The van der Waals surface area contributed by atoms with Crippen molar-refractivity contribution >= 4 is 27.3 Å². The lowest BCUT2D eigenvalue weighted by molar-refractivity contribution is -0.136. The van der Waals surface area contributed by atoms with E-state index in [0.717, 1.165) is 11.3 Å². The van der Waals surface area contributed by atoms with Crippen LogP contribution in [0.4, 0.5) is 0 Å². The maximum atomic E-state index is 12.5. The van der Waals surface area contributed by atoms with Crippen LogP contribution in [0.15, 0.2) is 16.3 Å². The Balaban J connectivity index is 2.24. The summed E-state index contributed by atoms with van der Waals surface area (Å²) in [5.41, 5.74) is 0. The molecule has 1 atom stereocenters. The van der Waals surface area contributed by atoms with Crippen molar-refractivity contribution in [3.8, 4) is 0 Å². The number of hydrogen-bond donors (Lipinski definition) is 2. The fraction of sp³-hybridized carbons (Fsp3) is 0.545. The molecule has 1 aromatic rings. The summed E-state index contributed by atoms with van der Waals surface area (Å²) in [6.45, 7) is 0.304. The predicted octanol–water partition coefficient (Wildman–Crippen LogP) is -0.243. The minimum absolute atomic E-state index is 0.0918. The lowest BCUT2D eigenvalue weighted by atomic mass is 10.3. The first-order valence-corrected chi connectivity index (χ1v) is 8.21. The van der Waals surface area contributed by atoms with Gasteiger partial charge in [0.1, 0.15) is 4.21 Å². The highest BCUT2D eigenvalue weighted by molar-refractivity contribution is 7.91. The van der Waals surface area contributed by atoms with E-state index < -0.39 is 22.0 Å². The lowest BCUT2D eigenvalue weighted by Crippen LogP contribution is -2.50. The van der Waals surface area contributed by atoms with E-state index in [2.05, 4.69) is 0 Å². The van der Waals surface area contributed by atoms with E-state index in [4.69, 9.17) is 9.84 Å². The van der Waals surface area contributed by atoms with Crippen LogP contribution in [-0.2, 0) is 26.0 Å². The number of thiophene rings is 1. The number of aliphatic carboxylic acids is 1. The highest BCUT2D eigenvalue weighted by atomic mass is 32.2. The van der Waals surface area contributed by atoms with E-state index >= 15 is 0 Å². The standard InChI is InChI=1S/C11H15NO6S2/c13-6-8-7-18-4-3-12(8)20(16,17)11-2-1-9(19-11)5-10(14)15/h1-2,8,13H,3-7H2,(H,14,15). The Morgan fingerprint density at radius 3 is 2.90 bits per heavy atom. The van der Waals surface area contributed by atoms with Crippen molar-refractivity contribution in [1.29, 1.82) is 0 Å². The van der Waals surface area contributed by atoms with Gasteiger partial charge in [-0.15, -0.1) is 11.3 Å². The second-order valence-electron chi connectivity index (χ2n) is 4.32. The van der Waals surface area contributed by atoms with Crippen molar-refractivity contribution in [2.45, 2.75) is 16.7 Å². The van der Waals surface area contributed by atoms with Gasteiger partial charge in [0.15, 0.2) is 0 Å². The third-order valence-electron chi connectivity index (χ3n) is 2.91. The van der Waals surface area contributed by atoms with Crippen molar-refractivity contribution in [3.05, 3.63) is 17.0 Å². The first-order chi connectivity index (χ1) is 9.45. The van der Waals surface area contributed by atoms with Gasteiger partial charge in [-0.25, -0.2) is 8.42 Å². The van der Waals surface area contributed by atoms with Crippen molar-refractivity contribution in [2.24, 2.45) is 0 Å². The second kappa shape index (κ2) is 6.19. The zero-order valence-electron chi connectivity index (χ0n) is 10.6. The number of sulfonamides is 1. The Hall–Kier alpha value is -1.00. The molecule has 0 bridgehead atoms. The van der Waals surface area contributed by atoms with E-state index in [1.165, 1.54) is 16.4 Å². The molecule has 2 rings (SSSR count). The summed E-state index contributed by atoms with van der Waals surface area (Å²) in [4.78, 5) is 11.1. The highest BCUT2D eigenvalue weighted by Crippen LogP contribution is 2.27. The van der Waals surface area contributed by atoms with E-state index in [1.54, 1.807) is 0 Å². The molecule has 0 aliphatic carbocycles. The molecule has 0 radical (unpaired) electrons. The maximum absolute atomic E-state index is 12.5. The average molecular weight is 321 g/mol. The summed E-state index contributed by atoms with van der Waals surface area (Å²) in [5, 5.41) is 17.9. The van der Waals surface area contributed by atoms with Crippen LogP contribution in [0.25, 0.3) is 0 Å². The van der Waals surface area contributed by atoms with Gasteiger partial charge in [-0.2, -0.15) is 4.31 Å². The van der Waals surface area contributed by atoms with Gasteiger partial charge >= 0.3 is 5.97 Å². The number of rotatable bonds is 5. The Kier molecular flexibility index (Phi) is 4.76. The summed E-state index contributed by atoms with van der Waals surface area (Å²) in [5.74, 6) is -1.00. The molecular formula is C11H15NO6S2. The van der Waals surface area contributed by atoms with Crippen LogP contribution in [-0.4, -0.2) is 61.3 Å². The molecule has 1 fully saturated rings. The third kappa shape index (κ3) is 3.18. The van der Waals surface area contributed by atoms with Gasteiger partial charge in [0.2, 0.25) is 0 Å². The number of carbonyl (C=O) groups is 1. The van der Waals surface area contributed by atoms with Crippen LogP contribution in [0.1, 0.15) is 4.88 Å². The van der Waals surface area contributed by atoms with Gasteiger partial charge in [0.25, 0.3) is 10.0 Å². The molecule has 0 spiro atoms. The summed E-state index contributed by atoms with van der Waals surface area (Å²) in [7, 11) is -3.72. The molecule has 9 heteroatoms. The van der Waals surface area contributed by atoms with E-state index in [-0.39, 0.29) is 37.0 Å². The Morgan fingerprint density at radius 2 is 2.25 bits per heavy atom. The number of carboxylic acids is 1. The second-order valence-corrected chi connectivity index (χ2v) is 7.60. The molecule has 0 amide bonds. The average Bonchev–Trinajstić information content (AvgIpc) is 2.87. The van der Waals surface area contributed by atoms with Crippen molar-refractivity contribution in [1.82, 2.24) is 4.31 Å². The number of carboxylic acid groups (broad SMARTS) is 1. The zero-order valence-corrected chi connectivity index (χ0v) is 12.2. The summed E-state index contributed by atoms with van der Waals surface area (Å²) in [6, 6.07) is 2.31. The molecule has 0 aromatic carbocycles. The van der Waals surface area contributed by atoms with Crippen molar-refractivity contribution in [3.63, 3.8) is 0 Å². The van der Waals surface area contributed by atoms with E-state index in [9.17, 15) is 18.3 Å². The Morgan fingerprint density at radius 1 is 1.50 bits per heavy atom. The zero-order chi connectivity index (χ0) is 14.8. The number of nitrogens with zero attached hydrogens (tertiary/aromatic N) is 1. The molecule has 20 heavy (non-hydrogen) atoms. The third-order valence-corrected chi connectivity index (χ3v) is 6.41. The monoisotopic (exact) mass is 321 g/mol. The van der Waals surface area contributed by atoms with Crippen molar-refractivity contribution in [2.75, 3.05) is 26.4 Å². The first kappa shape index (κ1) is 15.4. The van der Waals surface area contributed by atoms with Gasteiger partial charge in [-0.3, -0.25) is 4.79 Å².